The van der Waals surface area contributed by atoms with Crippen LogP contribution >= 0.6 is 11.3 Å². The number of para-hydroxylation sites is 1. The van der Waals surface area contributed by atoms with E-state index in [1.807, 2.05) is 23.5 Å². The Hall–Kier alpha value is -1.39. The molecule has 1 aromatic heterocycles. The highest BCUT2D eigenvalue weighted by molar-refractivity contribution is 7.11. The van der Waals surface area contributed by atoms with E-state index in [4.69, 9.17) is 9.72 Å². The van der Waals surface area contributed by atoms with Gasteiger partial charge in [-0.15, -0.1) is 11.3 Å². The molecule has 1 N–H and O–H groups in total. The molecule has 0 fully saturated rings. The van der Waals surface area contributed by atoms with Crippen molar-refractivity contribution in [2.24, 2.45) is 0 Å². The average molecular weight is 304 g/mol. The number of hydrogen-bond acceptors (Lipinski definition) is 4. The van der Waals surface area contributed by atoms with Crippen LogP contribution in [0.5, 0.6) is 5.75 Å². The minimum atomic E-state index is 0.845. The molecule has 2 rings (SSSR count). The largest absolute Gasteiger partial charge is 0.496 e. The summed E-state index contributed by atoms with van der Waals surface area (Å²) in [6, 6.07) is 8.18. The minimum Gasteiger partial charge on any atom is -0.496 e. The molecule has 0 aliphatic rings. The Morgan fingerprint density at radius 1 is 1.24 bits per heavy atom. The summed E-state index contributed by atoms with van der Waals surface area (Å²) in [5, 5.41) is 4.59. The zero-order valence-electron chi connectivity index (χ0n) is 13.1. The molecule has 0 unspecified atom stereocenters. The van der Waals surface area contributed by atoms with E-state index in [0.717, 1.165) is 38.1 Å². The maximum absolute atomic E-state index is 5.43. The number of aromatic nitrogens is 1. The Morgan fingerprint density at radius 3 is 2.76 bits per heavy atom. The van der Waals surface area contributed by atoms with E-state index in [0.29, 0.717) is 0 Å². The summed E-state index contributed by atoms with van der Waals surface area (Å²) in [6.07, 6.45) is 3.04. The van der Waals surface area contributed by atoms with Crippen LogP contribution in [0.15, 0.2) is 24.3 Å². The molecule has 2 aromatic rings. The summed E-state index contributed by atoms with van der Waals surface area (Å²) >= 11 is 1.82. The van der Waals surface area contributed by atoms with E-state index in [-0.39, 0.29) is 0 Å². The summed E-state index contributed by atoms with van der Waals surface area (Å²) in [6.45, 7) is 6.26. The van der Waals surface area contributed by atoms with Gasteiger partial charge in [0.2, 0.25) is 0 Å². The number of hydrogen-bond donors (Lipinski definition) is 1. The number of nitrogens with zero attached hydrogens (tertiary/aromatic N) is 1. The molecular weight excluding hydrogens is 280 g/mol. The fourth-order valence-corrected chi connectivity index (χ4v) is 3.44. The van der Waals surface area contributed by atoms with E-state index in [9.17, 15) is 0 Å². The van der Waals surface area contributed by atoms with E-state index >= 15 is 0 Å². The zero-order chi connectivity index (χ0) is 15.1. The Kier molecular flexibility index (Phi) is 6.21. The third-order valence-electron chi connectivity index (χ3n) is 3.38. The van der Waals surface area contributed by atoms with Crippen molar-refractivity contribution in [2.75, 3.05) is 13.7 Å². The van der Waals surface area contributed by atoms with Crippen molar-refractivity contribution >= 4 is 11.3 Å². The smallest absolute Gasteiger partial charge is 0.122 e. The van der Waals surface area contributed by atoms with Gasteiger partial charge in [-0.2, -0.15) is 0 Å². The van der Waals surface area contributed by atoms with Crippen LogP contribution in [0.3, 0.4) is 0 Å². The van der Waals surface area contributed by atoms with Crippen LogP contribution in [-0.2, 0) is 19.4 Å². The molecule has 0 aliphatic heterocycles. The summed E-state index contributed by atoms with van der Waals surface area (Å²) < 4.78 is 5.43. The van der Waals surface area contributed by atoms with Gasteiger partial charge in [-0.3, -0.25) is 0 Å². The molecular formula is C17H24N2OS. The highest BCUT2D eigenvalue weighted by Crippen LogP contribution is 2.26. The second kappa shape index (κ2) is 8.15. The van der Waals surface area contributed by atoms with Crippen molar-refractivity contribution in [3.63, 3.8) is 0 Å². The first-order valence-electron chi connectivity index (χ1n) is 7.58. The predicted molar refractivity (Wildman–Crippen MR) is 89.3 cm³/mol. The van der Waals surface area contributed by atoms with Crippen molar-refractivity contribution in [3.05, 3.63) is 45.4 Å². The van der Waals surface area contributed by atoms with Gasteiger partial charge < -0.3 is 10.1 Å². The summed E-state index contributed by atoms with van der Waals surface area (Å²) in [7, 11) is 1.72. The van der Waals surface area contributed by atoms with Crippen LogP contribution < -0.4 is 10.1 Å². The van der Waals surface area contributed by atoms with Crippen LogP contribution in [0.1, 0.15) is 41.4 Å². The number of methoxy groups -OCH3 is 1. The Labute approximate surface area is 131 Å². The first kappa shape index (κ1) is 16.0. The summed E-state index contributed by atoms with van der Waals surface area (Å²) in [5.74, 6) is 0.943. The van der Waals surface area contributed by atoms with Crippen molar-refractivity contribution < 1.29 is 4.74 Å². The molecule has 1 aromatic carbocycles. The molecule has 4 heteroatoms. The third kappa shape index (κ3) is 4.29. The molecule has 0 atom stereocenters. The van der Waals surface area contributed by atoms with E-state index in [1.54, 1.807) is 7.11 Å². The van der Waals surface area contributed by atoms with Gasteiger partial charge >= 0.3 is 0 Å². The predicted octanol–water partition coefficient (Wildman–Crippen LogP) is 3.80. The highest BCUT2D eigenvalue weighted by atomic mass is 32.1. The van der Waals surface area contributed by atoms with Crippen LogP contribution in [0, 0.1) is 0 Å². The topological polar surface area (TPSA) is 34.1 Å². The summed E-state index contributed by atoms with van der Waals surface area (Å²) in [5.41, 5.74) is 2.46. The zero-order valence-corrected chi connectivity index (χ0v) is 13.9. The van der Waals surface area contributed by atoms with Crippen molar-refractivity contribution in [1.29, 1.82) is 0 Å². The number of benzene rings is 1. The maximum Gasteiger partial charge on any atom is 0.122 e. The van der Waals surface area contributed by atoms with Crippen LogP contribution in [-0.4, -0.2) is 18.6 Å². The fraction of sp³-hybridized carbons (Fsp3) is 0.471. The lowest BCUT2D eigenvalue weighted by Crippen LogP contribution is -2.11. The Morgan fingerprint density at radius 2 is 2.05 bits per heavy atom. The molecule has 0 bridgehead atoms. The van der Waals surface area contributed by atoms with Gasteiger partial charge in [0.15, 0.2) is 0 Å². The van der Waals surface area contributed by atoms with E-state index in [1.165, 1.54) is 21.1 Å². The molecule has 21 heavy (non-hydrogen) atoms. The van der Waals surface area contributed by atoms with E-state index in [2.05, 4.69) is 31.3 Å². The first-order valence-corrected chi connectivity index (χ1v) is 8.40. The van der Waals surface area contributed by atoms with Gasteiger partial charge in [0, 0.05) is 23.4 Å². The molecule has 0 amide bonds. The van der Waals surface area contributed by atoms with Crippen LogP contribution in [0.4, 0.5) is 0 Å². The minimum absolute atomic E-state index is 0.845. The summed E-state index contributed by atoms with van der Waals surface area (Å²) in [4.78, 5) is 6.22. The average Bonchev–Trinajstić information content (AvgIpc) is 2.88. The second-order valence-corrected chi connectivity index (χ2v) is 6.16. The lowest BCUT2D eigenvalue weighted by atomic mass is 10.1. The molecule has 0 aliphatic carbocycles. The molecule has 114 valence electrons. The molecule has 0 spiro atoms. The molecule has 0 radical (unpaired) electrons. The number of aryl methyl sites for hydroxylation is 1. The van der Waals surface area contributed by atoms with Crippen LogP contribution in [0.25, 0.3) is 0 Å². The standard InChI is InChI=1S/C17H24N2OS/c1-4-8-14-16(12-18-5-2)21-17(19-14)11-13-9-6-7-10-15(13)20-3/h6-7,9-10,18H,4-5,8,11-12H2,1-3H3. The van der Waals surface area contributed by atoms with E-state index < -0.39 is 0 Å². The first-order chi connectivity index (χ1) is 10.3. The number of ether oxygens (including phenoxy) is 1. The molecule has 0 saturated heterocycles. The molecule has 3 nitrogen and oxygen atoms in total. The SMILES string of the molecule is CCCc1nc(Cc2ccccc2OC)sc1CNCC. The Balaban J connectivity index is 2.19. The van der Waals surface area contributed by atoms with Crippen molar-refractivity contribution in [1.82, 2.24) is 10.3 Å². The normalized spacial score (nSPS) is 10.8. The van der Waals surface area contributed by atoms with Gasteiger partial charge in [-0.1, -0.05) is 38.5 Å². The lowest BCUT2D eigenvalue weighted by molar-refractivity contribution is 0.410. The van der Waals surface area contributed by atoms with Gasteiger partial charge in [0.05, 0.1) is 17.8 Å². The van der Waals surface area contributed by atoms with Crippen molar-refractivity contribution in [2.45, 2.75) is 39.7 Å². The quantitative estimate of drug-likeness (QED) is 0.805. The molecule has 0 saturated carbocycles. The highest BCUT2D eigenvalue weighted by Gasteiger charge is 2.12. The number of nitrogens with one attached hydrogen (secondary N) is 1. The third-order valence-corrected chi connectivity index (χ3v) is 4.48. The monoisotopic (exact) mass is 304 g/mol. The fourth-order valence-electron chi connectivity index (χ4n) is 2.33. The van der Waals surface area contributed by atoms with Gasteiger partial charge in [-0.05, 0) is 19.0 Å². The van der Waals surface area contributed by atoms with Gasteiger partial charge in [-0.25, -0.2) is 4.98 Å². The van der Waals surface area contributed by atoms with Gasteiger partial charge in [0.25, 0.3) is 0 Å². The Bertz CT molecular complexity index is 566. The number of rotatable bonds is 8. The molecule has 1 heterocycles. The maximum atomic E-state index is 5.43. The van der Waals surface area contributed by atoms with Gasteiger partial charge in [0.1, 0.15) is 5.75 Å². The second-order valence-electron chi connectivity index (χ2n) is 5.00. The van der Waals surface area contributed by atoms with Crippen LogP contribution in [0.2, 0.25) is 0 Å². The number of thiazole rings is 1. The van der Waals surface area contributed by atoms with Crippen molar-refractivity contribution in [3.8, 4) is 5.75 Å². The lowest BCUT2D eigenvalue weighted by Gasteiger charge is -2.05.